The van der Waals surface area contributed by atoms with E-state index in [1.807, 2.05) is 12.1 Å². The molecule has 0 aromatic heterocycles. The Bertz CT molecular complexity index is 1280. The number of allylic oxidation sites excluding steroid dienone is 1. The van der Waals surface area contributed by atoms with Crippen LogP contribution >= 0.6 is 23.2 Å². The molecule has 5 rings (SSSR count). The highest BCUT2D eigenvalue weighted by molar-refractivity contribution is 6.34. The maximum absolute atomic E-state index is 10.5. The van der Waals surface area contributed by atoms with Gasteiger partial charge in [0.25, 0.3) is 0 Å². The van der Waals surface area contributed by atoms with Crippen LogP contribution in [0.1, 0.15) is 43.6 Å². The van der Waals surface area contributed by atoms with Crippen LogP contribution in [0.25, 0.3) is 16.7 Å². The van der Waals surface area contributed by atoms with E-state index in [4.69, 9.17) is 32.7 Å². The number of aromatic hydroxyl groups is 1. The van der Waals surface area contributed by atoms with Crippen LogP contribution in [0.5, 0.6) is 17.2 Å². The van der Waals surface area contributed by atoms with Gasteiger partial charge in [-0.15, -0.1) is 0 Å². The molecule has 0 saturated carbocycles. The molecule has 1 unspecified atom stereocenters. The molecule has 3 aromatic carbocycles. The average Bonchev–Trinajstić information content (AvgIpc) is 2.71. The second kappa shape index (κ2) is 7.36. The zero-order chi connectivity index (χ0) is 22.8. The molecular weight excluding hydrogens is 445 g/mol. The van der Waals surface area contributed by atoms with Crippen molar-refractivity contribution in [2.75, 3.05) is 12.4 Å². The van der Waals surface area contributed by atoms with E-state index in [-0.39, 0.29) is 11.3 Å². The molecule has 2 aliphatic rings. The zero-order valence-electron chi connectivity index (χ0n) is 18.2. The number of halogens is 2. The Labute approximate surface area is 197 Å². The number of methoxy groups -OCH3 is 1. The second-order valence-corrected chi connectivity index (χ2v) is 9.69. The molecule has 2 heterocycles. The molecule has 0 radical (unpaired) electrons. The molecule has 0 amide bonds. The van der Waals surface area contributed by atoms with E-state index in [0.717, 1.165) is 39.1 Å². The van der Waals surface area contributed by atoms with E-state index in [9.17, 15) is 5.11 Å². The van der Waals surface area contributed by atoms with Crippen LogP contribution in [0.4, 0.5) is 5.69 Å². The number of fused-ring (bicyclic) bond motifs is 5. The second-order valence-electron chi connectivity index (χ2n) is 8.82. The van der Waals surface area contributed by atoms with E-state index in [1.165, 1.54) is 0 Å². The number of phenols is 1. The molecule has 32 heavy (non-hydrogen) atoms. The number of anilines is 1. The molecule has 0 aliphatic carbocycles. The smallest absolute Gasteiger partial charge is 0.172 e. The standard InChI is InChI=1S/C26H23Cl2NO3/c1-13-12-26(2,3)29-18-6-5-17-22-20(8-7-19(30)25(22)31-4)32-24(23(17)21(13)18)14-9-15(27)11-16(28)10-14/h5-12,24,29-30H,1-4H3. The van der Waals surface area contributed by atoms with Gasteiger partial charge in [-0.3, -0.25) is 0 Å². The molecule has 4 nitrogen and oxygen atoms in total. The maximum atomic E-state index is 10.5. The van der Waals surface area contributed by atoms with Gasteiger partial charge >= 0.3 is 0 Å². The molecule has 2 N–H and O–H groups in total. The largest absolute Gasteiger partial charge is 0.504 e. The Morgan fingerprint density at radius 2 is 1.75 bits per heavy atom. The highest BCUT2D eigenvalue weighted by Gasteiger charge is 2.36. The van der Waals surface area contributed by atoms with Crippen LogP contribution in [0.3, 0.4) is 0 Å². The van der Waals surface area contributed by atoms with Crippen LogP contribution in [0.15, 0.2) is 48.5 Å². The quantitative estimate of drug-likeness (QED) is 0.410. The van der Waals surface area contributed by atoms with Gasteiger partial charge in [0.2, 0.25) is 0 Å². The van der Waals surface area contributed by atoms with Crippen molar-refractivity contribution in [1.82, 2.24) is 0 Å². The lowest BCUT2D eigenvalue weighted by Gasteiger charge is -2.37. The normalized spacial score (nSPS) is 17.8. The number of rotatable bonds is 2. The van der Waals surface area contributed by atoms with Crippen molar-refractivity contribution < 1.29 is 14.6 Å². The van der Waals surface area contributed by atoms with Gasteiger partial charge in [-0.1, -0.05) is 35.3 Å². The fourth-order valence-corrected chi connectivity index (χ4v) is 5.44. The Hall–Kier alpha value is -2.82. The van der Waals surface area contributed by atoms with Gasteiger partial charge in [0.15, 0.2) is 17.6 Å². The van der Waals surface area contributed by atoms with Crippen molar-refractivity contribution in [2.24, 2.45) is 0 Å². The van der Waals surface area contributed by atoms with Crippen LogP contribution in [0.2, 0.25) is 10.0 Å². The number of phenolic OH excluding ortho intramolecular Hbond substituents is 1. The fourth-order valence-electron chi connectivity index (χ4n) is 4.90. The predicted octanol–water partition coefficient (Wildman–Crippen LogP) is 7.46. The molecule has 0 fully saturated rings. The third kappa shape index (κ3) is 3.30. The molecule has 3 aromatic rings. The summed E-state index contributed by atoms with van der Waals surface area (Å²) < 4.78 is 12.1. The third-order valence-corrected chi connectivity index (χ3v) is 6.38. The minimum absolute atomic E-state index is 0.0642. The van der Waals surface area contributed by atoms with Crippen LogP contribution in [-0.2, 0) is 0 Å². The van der Waals surface area contributed by atoms with E-state index < -0.39 is 6.10 Å². The number of ether oxygens (including phenoxy) is 2. The first-order chi connectivity index (χ1) is 15.2. The van der Waals surface area contributed by atoms with E-state index in [0.29, 0.717) is 21.5 Å². The molecule has 0 saturated heterocycles. The maximum Gasteiger partial charge on any atom is 0.172 e. The lowest BCUT2D eigenvalue weighted by Crippen LogP contribution is -2.32. The Kier molecular flexibility index (Phi) is 4.84. The van der Waals surface area contributed by atoms with Crippen LogP contribution in [-0.4, -0.2) is 17.8 Å². The lowest BCUT2D eigenvalue weighted by molar-refractivity contribution is 0.241. The Morgan fingerprint density at radius 3 is 2.44 bits per heavy atom. The first-order valence-corrected chi connectivity index (χ1v) is 11.1. The summed E-state index contributed by atoms with van der Waals surface area (Å²) in [6, 6.07) is 12.9. The average molecular weight is 468 g/mol. The molecule has 6 heteroatoms. The summed E-state index contributed by atoms with van der Waals surface area (Å²) in [7, 11) is 1.55. The van der Waals surface area contributed by atoms with Gasteiger partial charge in [-0.25, -0.2) is 0 Å². The predicted molar refractivity (Wildman–Crippen MR) is 130 cm³/mol. The molecular formula is C26H23Cl2NO3. The molecule has 0 spiro atoms. The molecule has 2 aliphatic heterocycles. The van der Waals surface area contributed by atoms with Crippen molar-refractivity contribution in [3.63, 3.8) is 0 Å². The van der Waals surface area contributed by atoms with Crippen molar-refractivity contribution in [1.29, 1.82) is 0 Å². The van der Waals surface area contributed by atoms with E-state index in [2.05, 4.69) is 44.3 Å². The fraction of sp³-hybridized carbons (Fsp3) is 0.231. The first-order valence-electron chi connectivity index (χ1n) is 10.4. The zero-order valence-corrected chi connectivity index (χ0v) is 19.7. The number of benzene rings is 3. The van der Waals surface area contributed by atoms with Crippen LogP contribution < -0.4 is 14.8 Å². The monoisotopic (exact) mass is 467 g/mol. The summed E-state index contributed by atoms with van der Waals surface area (Å²) in [5.74, 6) is 1.07. The minimum Gasteiger partial charge on any atom is -0.504 e. The van der Waals surface area contributed by atoms with E-state index in [1.54, 1.807) is 25.3 Å². The van der Waals surface area contributed by atoms with Crippen molar-refractivity contribution in [3.05, 3.63) is 75.3 Å². The number of nitrogens with one attached hydrogen (secondary N) is 1. The molecule has 164 valence electrons. The summed E-state index contributed by atoms with van der Waals surface area (Å²) in [5.41, 5.74) is 6.56. The lowest BCUT2D eigenvalue weighted by atomic mass is 9.80. The summed E-state index contributed by atoms with van der Waals surface area (Å²) in [5, 5.41) is 15.2. The van der Waals surface area contributed by atoms with Gasteiger partial charge in [-0.2, -0.15) is 0 Å². The summed E-state index contributed by atoms with van der Waals surface area (Å²) in [4.78, 5) is 0. The van der Waals surface area contributed by atoms with Crippen molar-refractivity contribution in [2.45, 2.75) is 32.4 Å². The molecule has 0 bridgehead atoms. The van der Waals surface area contributed by atoms with E-state index >= 15 is 0 Å². The highest BCUT2D eigenvalue weighted by atomic mass is 35.5. The van der Waals surface area contributed by atoms with Gasteiger partial charge in [0.1, 0.15) is 5.75 Å². The summed E-state index contributed by atoms with van der Waals surface area (Å²) in [6.07, 6.45) is 1.77. The number of hydrogen-bond acceptors (Lipinski definition) is 4. The van der Waals surface area contributed by atoms with Crippen LogP contribution in [0, 0.1) is 0 Å². The summed E-state index contributed by atoms with van der Waals surface area (Å²) >= 11 is 12.7. The molecule has 1 atom stereocenters. The topological polar surface area (TPSA) is 50.7 Å². The first kappa shape index (κ1) is 21.0. The van der Waals surface area contributed by atoms with Gasteiger partial charge in [0, 0.05) is 26.9 Å². The van der Waals surface area contributed by atoms with Crippen molar-refractivity contribution in [3.8, 4) is 28.4 Å². The minimum atomic E-state index is -0.440. The van der Waals surface area contributed by atoms with Gasteiger partial charge in [-0.05, 0) is 73.9 Å². The Balaban J connectivity index is 1.86. The Morgan fingerprint density at radius 1 is 1.03 bits per heavy atom. The van der Waals surface area contributed by atoms with Gasteiger partial charge in [0.05, 0.1) is 18.2 Å². The number of hydrogen-bond donors (Lipinski definition) is 2. The van der Waals surface area contributed by atoms with Gasteiger partial charge < -0.3 is 19.9 Å². The van der Waals surface area contributed by atoms with Crippen molar-refractivity contribution >= 4 is 34.5 Å². The third-order valence-electron chi connectivity index (χ3n) is 5.94. The summed E-state index contributed by atoms with van der Waals surface area (Å²) in [6.45, 7) is 6.39. The highest BCUT2D eigenvalue weighted by Crippen LogP contribution is 2.55. The SMILES string of the molecule is COc1c(O)ccc2c1-c1ccc3c(c1C(c1cc(Cl)cc(Cl)c1)O2)C(C)=CC(C)(C)N3.